The number of alkyl halides is 3. The monoisotopic (exact) mass is 472 g/mol. The number of carbonyl (C=O) groups excluding carboxylic acids is 1. The SMILES string of the molecule is O=C(Cc1ccc(F)cc1)C1(c2ccc3c(n2)CCCN3c2ccnc(C(F)(F)F)n2)COC1. The third-order valence-corrected chi connectivity index (χ3v) is 6.21. The van der Waals surface area contributed by atoms with Gasteiger partial charge in [0.25, 0.3) is 0 Å². The Bertz CT molecular complexity index is 1230. The van der Waals surface area contributed by atoms with Crippen LogP contribution in [0.5, 0.6) is 0 Å². The largest absolute Gasteiger partial charge is 0.451 e. The van der Waals surface area contributed by atoms with Crippen molar-refractivity contribution in [2.45, 2.75) is 30.9 Å². The number of ether oxygens (including phenoxy) is 1. The first kappa shape index (κ1) is 22.4. The molecule has 2 aromatic heterocycles. The normalized spacial score (nSPS) is 17.1. The Balaban J connectivity index is 1.44. The van der Waals surface area contributed by atoms with Crippen LogP contribution in [0.2, 0.25) is 0 Å². The van der Waals surface area contributed by atoms with E-state index in [-0.39, 0.29) is 37.1 Å². The van der Waals surface area contributed by atoms with Crippen LogP contribution >= 0.6 is 0 Å². The lowest BCUT2D eigenvalue weighted by Crippen LogP contribution is -2.54. The molecule has 0 bridgehead atoms. The lowest BCUT2D eigenvalue weighted by atomic mass is 9.75. The summed E-state index contributed by atoms with van der Waals surface area (Å²) >= 11 is 0. The summed E-state index contributed by atoms with van der Waals surface area (Å²) < 4.78 is 57.9. The molecule has 0 atom stereocenters. The molecule has 5 rings (SSSR count). The van der Waals surface area contributed by atoms with Crippen LogP contribution in [0.4, 0.5) is 29.1 Å². The molecule has 6 nitrogen and oxygen atoms in total. The van der Waals surface area contributed by atoms with E-state index in [0.717, 1.165) is 6.20 Å². The Morgan fingerprint density at radius 3 is 2.50 bits per heavy atom. The van der Waals surface area contributed by atoms with Gasteiger partial charge in [0.1, 0.15) is 17.1 Å². The molecule has 10 heteroatoms. The summed E-state index contributed by atoms with van der Waals surface area (Å²) in [6.45, 7) is 0.882. The Morgan fingerprint density at radius 1 is 1.06 bits per heavy atom. The number of ketones is 1. The molecule has 34 heavy (non-hydrogen) atoms. The van der Waals surface area contributed by atoms with E-state index >= 15 is 0 Å². The zero-order chi connectivity index (χ0) is 23.9. The van der Waals surface area contributed by atoms with E-state index in [2.05, 4.69) is 9.97 Å². The van der Waals surface area contributed by atoms with E-state index in [9.17, 15) is 22.4 Å². The minimum absolute atomic E-state index is 0.0731. The Morgan fingerprint density at radius 2 is 1.82 bits per heavy atom. The maximum Gasteiger partial charge on any atom is 0.451 e. The average Bonchev–Trinajstić information content (AvgIpc) is 2.79. The van der Waals surface area contributed by atoms with Gasteiger partial charge in [-0.1, -0.05) is 12.1 Å². The number of carbonyl (C=O) groups is 1. The molecule has 3 aromatic rings. The smallest absolute Gasteiger partial charge is 0.378 e. The van der Waals surface area contributed by atoms with Gasteiger partial charge < -0.3 is 9.64 Å². The van der Waals surface area contributed by atoms with Crippen LogP contribution in [0.3, 0.4) is 0 Å². The van der Waals surface area contributed by atoms with Gasteiger partial charge in [0, 0.05) is 19.2 Å². The Kier molecular flexibility index (Phi) is 5.55. The second kappa shape index (κ2) is 8.43. The number of anilines is 2. The number of aromatic nitrogens is 3. The second-order valence-electron chi connectivity index (χ2n) is 8.46. The number of hydrogen-bond acceptors (Lipinski definition) is 6. The molecule has 1 aromatic carbocycles. The van der Waals surface area contributed by atoms with Crippen molar-refractivity contribution in [2.75, 3.05) is 24.7 Å². The first-order valence-corrected chi connectivity index (χ1v) is 10.8. The van der Waals surface area contributed by atoms with E-state index < -0.39 is 17.4 Å². The zero-order valence-electron chi connectivity index (χ0n) is 18.0. The number of benzene rings is 1. The molecule has 0 N–H and O–H groups in total. The van der Waals surface area contributed by atoms with Crippen molar-refractivity contribution < 1.29 is 27.1 Å². The Labute approximate surface area is 192 Å². The number of Topliss-reactive ketones (excluding diaryl/α,β-unsaturated/α-hetero) is 1. The molecule has 0 unspecified atom stereocenters. The van der Waals surface area contributed by atoms with Crippen LogP contribution in [0.15, 0.2) is 48.7 Å². The lowest BCUT2D eigenvalue weighted by molar-refractivity contribution is -0.145. The van der Waals surface area contributed by atoms with Crippen molar-refractivity contribution in [2.24, 2.45) is 0 Å². The molecule has 1 fully saturated rings. The summed E-state index contributed by atoms with van der Waals surface area (Å²) in [7, 11) is 0. The van der Waals surface area contributed by atoms with Gasteiger partial charge in [-0.05, 0) is 48.7 Å². The number of rotatable bonds is 5. The van der Waals surface area contributed by atoms with Crippen molar-refractivity contribution in [3.63, 3.8) is 0 Å². The number of nitrogens with zero attached hydrogens (tertiary/aromatic N) is 4. The minimum atomic E-state index is -4.64. The van der Waals surface area contributed by atoms with Crippen LogP contribution in [0, 0.1) is 5.82 Å². The average molecular weight is 472 g/mol. The summed E-state index contributed by atoms with van der Waals surface area (Å²) in [5.41, 5.74) is 1.72. The number of aryl methyl sites for hydroxylation is 1. The molecule has 2 aliphatic rings. The van der Waals surface area contributed by atoms with Crippen LogP contribution in [0.25, 0.3) is 0 Å². The van der Waals surface area contributed by atoms with Gasteiger partial charge in [0.15, 0.2) is 5.78 Å². The number of halogens is 4. The van der Waals surface area contributed by atoms with E-state index in [1.54, 1.807) is 29.2 Å². The fraction of sp³-hybridized carbons (Fsp3) is 0.333. The van der Waals surface area contributed by atoms with Crippen molar-refractivity contribution in [3.8, 4) is 0 Å². The van der Waals surface area contributed by atoms with Gasteiger partial charge in [0.2, 0.25) is 5.82 Å². The molecule has 0 spiro atoms. The fourth-order valence-corrected chi connectivity index (χ4v) is 4.30. The number of fused-ring (bicyclic) bond motifs is 1. The van der Waals surface area contributed by atoms with Gasteiger partial charge in [-0.3, -0.25) is 9.78 Å². The third-order valence-electron chi connectivity index (χ3n) is 6.21. The summed E-state index contributed by atoms with van der Waals surface area (Å²) in [6.07, 6.45) is -2.13. The standard InChI is InChI=1S/C24H20F4N4O2/c25-16-5-3-15(4-6-16)12-20(33)23(13-34-14-23)19-8-7-18-17(30-19)2-1-11-32(18)21-9-10-29-22(31-21)24(26,27)28/h3-10H,1-2,11-14H2. The highest BCUT2D eigenvalue weighted by Gasteiger charge is 2.48. The summed E-state index contributed by atoms with van der Waals surface area (Å²) in [5, 5.41) is 0. The summed E-state index contributed by atoms with van der Waals surface area (Å²) in [6, 6.07) is 10.7. The maximum absolute atomic E-state index is 13.2. The van der Waals surface area contributed by atoms with E-state index in [0.29, 0.717) is 42.0 Å². The maximum atomic E-state index is 13.2. The molecule has 4 heterocycles. The molecular formula is C24H20F4N4O2. The minimum Gasteiger partial charge on any atom is -0.378 e. The van der Waals surface area contributed by atoms with Gasteiger partial charge in [0.05, 0.1) is 30.3 Å². The summed E-state index contributed by atoms with van der Waals surface area (Å²) in [4.78, 5) is 26.7. The van der Waals surface area contributed by atoms with Gasteiger partial charge >= 0.3 is 6.18 Å². The van der Waals surface area contributed by atoms with Crippen LogP contribution in [0.1, 0.15) is 29.2 Å². The van der Waals surface area contributed by atoms with Crippen molar-refractivity contribution in [3.05, 3.63) is 77.3 Å². The van der Waals surface area contributed by atoms with Crippen LogP contribution in [-0.4, -0.2) is 40.5 Å². The first-order valence-electron chi connectivity index (χ1n) is 10.8. The molecular weight excluding hydrogens is 452 g/mol. The number of pyridine rings is 1. The highest BCUT2D eigenvalue weighted by Crippen LogP contribution is 2.38. The molecule has 0 aliphatic carbocycles. The van der Waals surface area contributed by atoms with Crippen molar-refractivity contribution in [1.82, 2.24) is 15.0 Å². The topological polar surface area (TPSA) is 68.2 Å². The quantitative estimate of drug-likeness (QED) is 0.519. The van der Waals surface area contributed by atoms with Crippen LogP contribution in [-0.2, 0) is 34.0 Å². The number of hydrogen-bond donors (Lipinski definition) is 0. The van der Waals surface area contributed by atoms with E-state index in [1.807, 2.05) is 0 Å². The third kappa shape index (κ3) is 4.02. The predicted octanol–water partition coefficient (Wildman–Crippen LogP) is 4.19. The molecule has 2 aliphatic heterocycles. The van der Waals surface area contributed by atoms with E-state index in [4.69, 9.17) is 9.72 Å². The second-order valence-corrected chi connectivity index (χ2v) is 8.46. The van der Waals surface area contributed by atoms with Gasteiger partial charge in [-0.15, -0.1) is 0 Å². The summed E-state index contributed by atoms with van der Waals surface area (Å²) in [5.74, 6) is -1.49. The van der Waals surface area contributed by atoms with Gasteiger partial charge in [-0.2, -0.15) is 13.2 Å². The van der Waals surface area contributed by atoms with Crippen molar-refractivity contribution >= 4 is 17.3 Å². The van der Waals surface area contributed by atoms with Crippen molar-refractivity contribution in [1.29, 1.82) is 0 Å². The lowest BCUT2D eigenvalue weighted by Gasteiger charge is -2.40. The predicted molar refractivity (Wildman–Crippen MR) is 114 cm³/mol. The Hall–Kier alpha value is -3.40. The highest BCUT2D eigenvalue weighted by molar-refractivity contribution is 5.92. The van der Waals surface area contributed by atoms with E-state index in [1.165, 1.54) is 18.2 Å². The molecule has 0 radical (unpaired) electrons. The highest BCUT2D eigenvalue weighted by atomic mass is 19.4. The first-order chi connectivity index (χ1) is 16.3. The van der Waals surface area contributed by atoms with Gasteiger partial charge in [-0.25, -0.2) is 14.4 Å². The zero-order valence-corrected chi connectivity index (χ0v) is 18.0. The van der Waals surface area contributed by atoms with Crippen LogP contribution < -0.4 is 4.90 Å². The molecule has 176 valence electrons. The molecule has 0 amide bonds. The molecule has 0 saturated carbocycles. The fourth-order valence-electron chi connectivity index (χ4n) is 4.30. The molecule has 1 saturated heterocycles.